The van der Waals surface area contributed by atoms with Gasteiger partial charge in [-0.2, -0.15) is 29.9 Å². The van der Waals surface area contributed by atoms with E-state index in [1.54, 1.807) is 0 Å². The van der Waals surface area contributed by atoms with Gasteiger partial charge in [-0.15, -0.1) is 0 Å². The van der Waals surface area contributed by atoms with Gasteiger partial charge in [0.1, 0.15) is 0 Å². The Balaban J connectivity index is 0.000000326. The molecule has 2 rings (SSSR count). The molecule has 0 amide bonds. The first-order chi connectivity index (χ1) is 10.1. The van der Waals surface area contributed by atoms with Crippen molar-refractivity contribution in [3.8, 4) is 0 Å². The third-order valence-corrected chi connectivity index (χ3v) is 1.37. The number of rotatable bonds is 0. The SMILES string of the molecule is Nc1nc(N)nc(N)n1.Nc1nc(N)nc(N)n1.OB(O)O. The minimum atomic E-state index is -2.17. The molecule has 0 fully saturated rings. The molecule has 22 heavy (non-hydrogen) atoms. The number of nitrogen functional groups attached to an aromatic ring is 6. The van der Waals surface area contributed by atoms with Gasteiger partial charge in [0.15, 0.2) is 0 Å². The summed E-state index contributed by atoms with van der Waals surface area (Å²) >= 11 is 0. The Morgan fingerprint density at radius 3 is 0.636 bits per heavy atom. The first-order valence-electron chi connectivity index (χ1n) is 5.19. The van der Waals surface area contributed by atoms with Crippen molar-refractivity contribution >= 4 is 43.0 Å². The van der Waals surface area contributed by atoms with Crippen LogP contribution in [0.2, 0.25) is 0 Å². The first-order valence-corrected chi connectivity index (χ1v) is 5.19. The van der Waals surface area contributed by atoms with Crippen LogP contribution in [-0.4, -0.2) is 52.3 Å². The summed E-state index contributed by atoms with van der Waals surface area (Å²) in [5.41, 5.74) is 30.8. The fraction of sp³-hybridized carbons (Fsp3) is 0. The van der Waals surface area contributed by atoms with Gasteiger partial charge < -0.3 is 49.5 Å². The normalized spacial score (nSPS) is 8.86. The maximum atomic E-state index is 7.17. The minimum Gasteiger partial charge on any atom is -0.402 e. The van der Waals surface area contributed by atoms with Gasteiger partial charge in [0.2, 0.25) is 35.7 Å². The average Bonchev–Trinajstić information content (AvgIpc) is 2.23. The molecule has 0 atom stereocenters. The lowest BCUT2D eigenvalue weighted by Gasteiger charge is -1.93. The van der Waals surface area contributed by atoms with Gasteiger partial charge in [-0.05, 0) is 0 Å². The Labute approximate surface area is 123 Å². The molecule has 0 aromatic carbocycles. The monoisotopic (exact) mass is 314 g/mol. The molecule has 0 aliphatic rings. The molecule has 2 heterocycles. The van der Waals surface area contributed by atoms with Gasteiger partial charge in [-0.3, -0.25) is 0 Å². The van der Waals surface area contributed by atoms with E-state index >= 15 is 0 Å². The maximum Gasteiger partial charge on any atom is 0.631 e. The molecule has 2 aromatic rings. The summed E-state index contributed by atoms with van der Waals surface area (Å²) in [6.07, 6.45) is 0. The van der Waals surface area contributed by atoms with Crippen LogP contribution in [0, 0.1) is 0 Å². The van der Waals surface area contributed by atoms with Crippen LogP contribution in [-0.2, 0) is 0 Å². The second-order valence-corrected chi connectivity index (χ2v) is 3.17. The third-order valence-electron chi connectivity index (χ3n) is 1.37. The van der Waals surface area contributed by atoms with Gasteiger partial charge in [-0.25, -0.2) is 0 Å². The number of nitrogens with two attached hydrogens (primary N) is 6. The van der Waals surface area contributed by atoms with Crippen molar-refractivity contribution < 1.29 is 15.1 Å². The summed E-state index contributed by atoms with van der Waals surface area (Å²) in [6, 6.07) is 0. The largest absolute Gasteiger partial charge is 0.631 e. The fourth-order valence-corrected chi connectivity index (χ4v) is 0.854. The molecule has 15 N–H and O–H groups in total. The molecule has 0 saturated heterocycles. The van der Waals surface area contributed by atoms with Crippen LogP contribution in [0.4, 0.5) is 35.7 Å². The van der Waals surface area contributed by atoms with Crippen molar-refractivity contribution in [3.63, 3.8) is 0 Å². The van der Waals surface area contributed by atoms with E-state index in [4.69, 9.17) is 49.5 Å². The fourth-order valence-electron chi connectivity index (χ4n) is 0.854. The zero-order chi connectivity index (χ0) is 17.3. The molecular formula is C6H15BN12O3. The highest BCUT2D eigenvalue weighted by Gasteiger charge is 1.94. The van der Waals surface area contributed by atoms with E-state index in [9.17, 15) is 0 Å². The highest BCUT2D eigenvalue weighted by molar-refractivity contribution is 6.30. The van der Waals surface area contributed by atoms with Crippen molar-refractivity contribution in [2.24, 2.45) is 0 Å². The zero-order valence-electron chi connectivity index (χ0n) is 11.1. The van der Waals surface area contributed by atoms with E-state index in [0.717, 1.165) is 0 Å². The highest BCUT2D eigenvalue weighted by atomic mass is 16.5. The van der Waals surface area contributed by atoms with Crippen LogP contribution in [0.25, 0.3) is 0 Å². The molecule has 0 spiro atoms. The number of hydrogen-bond donors (Lipinski definition) is 9. The summed E-state index contributed by atoms with van der Waals surface area (Å²) in [4.78, 5) is 20.9. The number of aromatic nitrogens is 6. The van der Waals surface area contributed by atoms with Gasteiger partial charge in [0, 0.05) is 0 Å². The third kappa shape index (κ3) is 9.66. The lowest BCUT2D eigenvalue weighted by Crippen LogP contribution is -2.07. The molecule has 0 aliphatic carbocycles. The molecule has 0 saturated carbocycles. The van der Waals surface area contributed by atoms with Crippen LogP contribution in [0.5, 0.6) is 0 Å². The minimum absolute atomic E-state index is 0.0417. The second kappa shape index (κ2) is 8.84. The Hall–Kier alpha value is -3.24. The lowest BCUT2D eigenvalue weighted by atomic mass is 10.3. The Kier molecular flexibility index (Phi) is 7.54. The molecule has 0 radical (unpaired) electrons. The van der Waals surface area contributed by atoms with Crippen molar-refractivity contribution in [2.75, 3.05) is 34.4 Å². The Morgan fingerprint density at radius 2 is 0.545 bits per heavy atom. The average molecular weight is 314 g/mol. The van der Waals surface area contributed by atoms with Crippen molar-refractivity contribution in [1.82, 2.24) is 29.9 Å². The van der Waals surface area contributed by atoms with E-state index in [1.165, 1.54) is 0 Å². The van der Waals surface area contributed by atoms with Gasteiger partial charge >= 0.3 is 7.32 Å². The number of anilines is 6. The Morgan fingerprint density at radius 1 is 0.455 bits per heavy atom. The van der Waals surface area contributed by atoms with Crippen molar-refractivity contribution in [2.45, 2.75) is 0 Å². The van der Waals surface area contributed by atoms with Gasteiger partial charge in [-0.1, -0.05) is 0 Å². The van der Waals surface area contributed by atoms with E-state index < -0.39 is 7.32 Å². The van der Waals surface area contributed by atoms with E-state index in [2.05, 4.69) is 29.9 Å². The predicted molar refractivity (Wildman–Crippen MR) is 78.5 cm³/mol. The standard InChI is InChI=1S/2C3H6N6.BH3O3/c2*4-1-7-2(5)9-3(6)8-1;2-1(3)4/h2*(H6,4,5,6,7,8,9);2-4H. The smallest absolute Gasteiger partial charge is 0.402 e. The second-order valence-electron chi connectivity index (χ2n) is 3.17. The van der Waals surface area contributed by atoms with E-state index in [1.807, 2.05) is 0 Å². The van der Waals surface area contributed by atoms with Gasteiger partial charge in [0.25, 0.3) is 0 Å². The van der Waals surface area contributed by atoms with E-state index in [0.29, 0.717) is 0 Å². The van der Waals surface area contributed by atoms with Crippen LogP contribution in [0.3, 0.4) is 0 Å². The first kappa shape index (κ1) is 18.8. The number of hydrogen-bond acceptors (Lipinski definition) is 15. The van der Waals surface area contributed by atoms with Crippen molar-refractivity contribution in [3.05, 3.63) is 0 Å². The van der Waals surface area contributed by atoms with Crippen LogP contribution >= 0.6 is 0 Å². The molecule has 0 unspecified atom stereocenters. The molecule has 120 valence electrons. The predicted octanol–water partition coefficient (Wildman–Crippen LogP) is -4.82. The van der Waals surface area contributed by atoms with Gasteiger partial charge in [0.05, 0.1) is 0 Å². The van der Waals surface area contributed by atoms with Crippen LogP contribution in [0.15, 0.2) is 0 Å². The Bertz CT molecular complexity index is 444. The van der Waals surface area contributed by atoms with Crippen molar-refractivity contribution in [1.29, 1.82) is 0 Å². The summed E-state index contributed by atoms with van der Waals surface area (Å²) in [5.74, 6) is 0.250. The lowest BCUT2D eigenvalue weighted by molar-refractivity contribution is 0.278. The summed E-state index contributed by atoms with van der Waals surface area (Å²) in [6.45, 7) is 0. The molecule has 15 nitrogen and oxygen atoms in total. The quantitative estimate of drug-likeness (QED) is 0.206. The maximum absolute atomic E-state index is 7.17. The summed E-state index contributed by atoms with van der Waals surface area (Å²) in [7, 11) is -2.17. The number of nitrogens with zero attached hydrogens (tertiary/aromatic N) is 6. The van der Waals surface area contributed by atoms with Crippen LogP contribution < -0.4 is 34.4 Å². The summed E-state index contributed by atoms with van der Waals surface area (Å²) in [5, 5.41) is 21.5. The van der Waals surface area contributed by atoms with E-state index in [-0.39, 0.29) is 35.7 Å². The molecular weight excluding hydrogens is 299 g/mol. The molecule has 0 bridgehead atoms. The highest BCUT2D eigenvalue weighted by Crippen LogP contribution is 1.98. The summed E-state index contributed by atoms with van der Waals surface area (Å²) < 4.78 is 0. The topological polar surface area (TPSA) is 294 Å². The molecule has 16 heteroatoms. The molecule has 2 aromatic heterocycles. The van der Waals surface area contributed by atoms with Crippen LogP contribution in [0.1, 0.15) is 0 Å². The zero-order valence-corrected chi connectivity index (χ0v) is 11.1. The molecule has 0 aliphatic heterocycles.